The first-order chi connectivity index (χ1) is 6.84. The maximum absolute atomic E-state index is 10.9. The van der Waals surface area contributed by atoms with Gasteiger partial charge in [-0.05, 0) is 12.8 Å². The van der Waals surface area contributed by atoms with Gasteiger partial charge < -0.3 is 9.84 Å². The molecule has 1 fully saturated rings. The van der Waals surface area contributed by atoms with Crippen LogP contribution < -0.4 is 0 Å². The lowest BCUT2D eigenvalue weighted by Gasteiger charge is -2.18. The van der Waals surface area contributed by atoms with E-state index in [-0.39, 0.29) is 11.9 Å². The first kappa shape index (κ1) is 15.9. The number of carbonyl (C=O) groups is 1. The number of aliphatic hydroxyl groups is 1. The second-order valence-electron chi connectivity index (χ2n) is 2.86. The van der Waals surface area contributed by atoms with Gasteiger partial charge in [0.25, 0.3) is 0 Å². The Morgan fingerprint density at radius 3 is 1.93 bits per heavy atom. The molecule has 0 amide bonds. The fourth-order valence-corrected chi connectivity index (χ4v) is 1.50. The van der Waals surface area contributed by atoms with Gasteiger partial charge >= 0.3 is 5.97 Å². The number of rotatable bonds is 1. The van der Waals surface area contributed by atoms with Crippen LogP contribution in [-0.4, -0.2) is 25.3 Å². The lowest BCUT2D eigenvalue weighted by molar-refractivity contribution is -0.146. The Bertz CT molecular complexity index is 118. The van der Waals surface area contributed by atoms with Crippen molar-refractivity contribution in [1.82, 2.24) is 0 Å². The van der Waals surface area contributed by atoms with Gasteiger partial charge in [-0.2, -0.15) is 0 Å². The number of methoxy groups -OCH3 is 1. The van der Waals surface area contributed by atoms with Crippen molar-refractivity contribution in [3.8, 4) is 0 Å². The van der Waals surface area contributed by atoms with Gasteiger partial charge in [0.1, 0.15) is 0 Å². The molecule has 0 aromatic heterocycles. The maximum Gasteiger partial charge on any atom is 0.308 e. The predicted molar refractivity (Wildman–Crippen MR) is 58.1 cm³/mol. The van der Waals surface area contributed by atoms with Crippen LogP contribution in [0.25, 0.3) is 0 Å². The van der Waals surface area contributed by atoms with Gasteiger partial charge in [0.2, 0.25) is 0 Å². The van der Waals surface area contributed by atoms with Crippen LogP contribution in [0.1, 0.15) is 46.0 Å². The molecule has 3 heteroatoms. The Kier molecular flexibility index (Phi) is 14.1. The summed E-state index contributed by atoms with van der Waals surface area (Å²) in [6, 6.07) is 0. The van der Waals surface area contributed by atoms with E-state index in [1.807, 2.05) is 13.8 Å². The molecule has 0 atom stereocenters. The molecule has 0 saturated heterocycles. The van der Waals surface area contributed by atoms with Crippen molar-refractivity contribution in [3.05, 3.63) is 0 Å². The van der Waals surface area contributed by atoms with E-state index in [9.17, 15) is 4.79 Å². The molecule has 1 aliphatic carbocycles. The highest BCUT2D eigenvalue weighted by Gasteiger charge is 2.20. The predicted octanol–water partition coefficient (Wildman–Crippen LogP) is 2.37. The van der Waals surface area contributed by atoms with Crippen LogP contribution in [0.4, 0.5) is 0 Å². The third-order valence-corrected chi connectivity index (χ3v) is 2.14. The summed E-state index contributed by atoms with van der Waals surface area (Å²) in [5, 5.41) is 7.00. The number of ether oxygens (including phenoxy) is 1. The Morgan fingerprint density at radius 2 is 1.57 bits per heavy atom. The molecular formula is C11H24O3. The largest absolute Gasteiger partial charge is 0.469 e. The minimum absolute atomic E-state index is 0.0142. The van der Waals surface area contributed by atoms with Crippen molar-refractivity contribution in [2.75, 3.05) is 14.2 Å². The Morgan fingerprint density at radius 1 is 1.14 bits per heavy atom. The number of esters is 1. The van der Waals surface area contributed by atoms with E-state index in [4.69, 9.17) is 5.11 Å². The van der Waals surface area contributed by atoms with Crippen LogP contribution in [-0.2, 0) is 9.53 Å². The summed E-state index contributed by atoms with van der Waals surface area (Å²) < 4.78 is 4.65. The summed E-state index contributed by atoms with van der Waals surface area (Å²) in [6.07, 6.45) is 5.74. The monoisotopic (exact) mass is 204 g/mol. The van der Waals surface area contributed by atoms with Crippen molar-refractivity contribution in [2.24, 2.45) is 5.92 Å². The molecule has 14 heavy (non-hydrogen) atoms. The molecule has 3 nitrogen and oxygen atoms in total. The zero-order valence-corrected chi connectivity index (χ0v) is 9.88. The number of aliphatic hydroxyl groups excluding tert-OH is 1. The van der Waals surface area contributed by atoms with Crippen LogP contribution in [0.15, 0.2) is 0 Å². The molecule has 1 saturated carbocycles. The van der Waals surface area contributed by atoms with Gasteiger partial charge in [0.15, 0.2) is 0 Å². The van der Waals surface area contributed by atoms with Gasteiger partial charge in [-0.25, -0.2) is 0 Å². The molecule has 0 aliphatic heterocycles. The van der Waals surface area contributed by atoms with Gasteiger partial charge in [0.05, 0.1) is 13.0 Å². The van der Waals surface area contributed by atoms with Gasteiger partial charge in [-0.1, -0.05) is 33.1 Å². The Balaban J connectivity index is 0. The van der Waals surface area contributed by atoms with E-state index in [1.165, 1.54) is 26.4 Å². The summed E-state index contributed by atoms with van der Waals surface area (Å²) in [5.41, 5.74) is 0. The van der Waals surface area contributed by atoms with Gasteiger partial charge in [-0.15, -0.1) is 0 Å². The Hall–Kier alpha value is -0.570. The van der Waals surface area contributed by atoms with Crippen LogP contribution in [0.5, 0.6) is 0 Å². The first-order valence-electron chi connectivity index (χ1n) is 5.37. The maximum atomic E-state index is 10.9. The van der Waals surface area contributed by atoms with Gasteiger partial charge in [-0.3, -0.25) is 4.79 Å². The number of carbonyl (C=O) groups excluding carboxylic acids is 1. The summed E-state index contributed by atoms with van der Waals surface area (Å²) in [7, 11) is 2.47. The first-order valence-corrected chi connectivity index (χ1v) is 5.37. The molecule has 86 valence electrons. The summed E-state index contributed by atoms with van der Waals surface area (Å²) in [4.78, 5) is 10.9. The molecular weight excluding hydrogens is 180 g/mol. The summed E-state index contributed by atoms with van der Waals surface area (Å²) in [6.45, 7) is 4.00. The molecule has 0 unspecified atom stereocenters. The van der Waals surface area contributed by atoms with E-state index in [0.29, 0.717) is 0 Å². The molecule has 1 rings (SSSR count). The quantitative estimate of drug-likeness (QED) is 0.667. The van der Waals surface area contributed by atoms with Crippen LogP contribution in [0.3, 0.4) is 0 Å². The Labute approximate surface area is 87.5 Å². The lowest BCUT2D eigenvalue weighted by atomic mass is 9.89. The third kappa shape index (κ3) is 6.89. The molecule has 1 N–H and O–H groups in total. The van der Waals surface area contributed by atoms with E-state index >= 15 is 0 Å². The van der Waals surface area contributed by atoms with Crippen LogP contribution in [0.2, 0.25) is 0 Å². The minimum Gasteiger partial charge on any atom is -0.469 e. The molecule has 0 radical (unpaired) electrons. The number of hydrogen-bond donors (Lipinski definition) is 1. The van der Waals surface area contributed by atoms with Crippen molar-refractivity contribution in [1.29, 1.82) is 0 Å². The molecule has 0 heterocycles. The van der Waals surface area contributed by atoms with Crippen molar-refractivity contribution >= 4 is 5.97 Å². The standard InChI is InChI=1S/C8H14O2.C2H6.CH4O/c1-10-8(9)7-5-3-2-4-6-7;2*1-2/h7H,2-6H2,1H3;1-2H3;2H,1H3. The van der Waals surface area contributed by atoms with Crippen molar-refractivity contribution < 1.29 is 14.6 Å². The van der Waals surface area contributed by atoms with Gasteiger partial charge in [0, 0.05) is 7.11 Å². The fourth-order valence-electron chi connectivity index (χ4n) is 1.50. The average Bonchev–Trinajstić information content (AvgIpc) is 2.34. The SMILES string of the molecule is CC.CO.COC(=O)C1CCCCC1. The molecule has 0 spiro atoms. The highest BCUT2D eigenvalue weighted by molar-refractivity contribution is 5.72. The van der Waals surface area contributed by atoms with Crippen LogP contribution in [0, 0.1) is 5.92 Å². The lowest BCUT2D eigenvalue weighted by Crippen LogP contribution is -2.18. The zero-order chi connectivity index (χ0) is 11.4. The normalized spacial score (nSPS) is 15.5. The fraction of sp³-hybridized carbons (Fsp3) is 0.909. The van der Waals surface area contributed by atoms with E-state index in [0.717, 1.165) is 20.0 Å². The van der Waals surface area contributed by atoms with Crippen molar-refractivity contribution in [3.63, 3.8) is 0 Å². The second-order valence-corrected chi connectivity index (χ2v) is 2.86. The van der Waals surface area contributed by atoms with Crippen molar-refractivity contribution in [2.45, 2.75) is 46.0 Å². The average molecular weight is 204 g/mol. The minimum atomic E-state index is -0.0142. The number of hydrogen-bond acceptors (Lipinski definition) is 3. The second kappa shape index (κ2) is 12.4. The third-order valence-electron chi connectivity index (χ3n) is 2.14. The molecule has 0 aromatic rings. The highest BCUT2D eigenvalue weighted by atomic mass is 16.5. The smallest absolute Gasteiger partial charge is 0.308 e. The van der Waals surface area contributed by atoms with Crippen LogP contribution >= 0.6 is 0 Å². The topological polar surface area (TPSA) is 46.5 Å². The van der Waals surface area contributed by atoms with E-state index < -0.39 is 0 Å². The molecule has 1 aliphatic rings. The van der Waals surface area contributed by atoms with E-state index in [1.54, 1.807) is 0 Å². The summed E-state index contributed by atoms with van der Waals surface area (Å²) >= 11 is 0. The summed E-state index contributed by atoms with van der Waals surface area (Å²) in [5.74, 6) is 0.193. The highest BCUT2D eigenvalue weighted by Crippen LogP contribution is 2.24. The zero-order valence-electron chi connectivity index (χ0n) is 9.88. The molecule has 0 bridgehead atoms. The molecule has 0 aromatic carbocycles. The van der Waals surface area contributed by atoms with E-state index in [2.05, 4.69) is 4.74 Å².